The molecule has 0 aliphatic heterocycles. The molecule has 7 heteroatoms. The van der Waals surface area contributed by atoms with Gasteiger partial charge in [0.1, 0.15) is 5.75 Å². The summed E-state index contributed by atoms with van der Waals surface area (Å²) in [6, 6.07) is 2.76. The second-order valence-electron chi connectivity index (χ2n) is 3.78. The van der Waals surface area contributed by atoms with Crippen LogP contribution in [0.2, 0.25) is 0 Å². The average Bonchev–Trinajstić information content (AvgIpc) is 2.73. The second-order valence-corrected chi connectivity index (χ2v) is 4.10. The molecule has 0 atom stereocenters. The normalized spacial score (nSPS) is 12.1. The predicted molar refractivity (Wildman–Crippen MR) is 62.6 cm³/mol. The van der Waals surface area contributed by atoms with Gasteiger partial charge in [0.2, 0.25) is 0 Å². The highest BCUT2D eigenvalue weighted by atomic mass is 79.9. The van der Waals surface area contributed by atoms with Gasteiger partial charge in [0.05, 0.1) is 5.39 Å². The third-order valence-corrected chi connectivity index (χ3v) is 2.90. The van der Waals surface area contributed by atoms with Crippen molar-refractivity contribution in [3.63, 3.8) is 0 Å². The molecule has 3 nitrogen and oxygen atoms in total. The molecular formula is C11H9BrF3NO2. The van der Waals surface area contributed by atoms with Gasteiger partial charge < -0.3 is 8.35 Å². The van der Waals surface area contributed by atoms with Crippen LogP contribution in [0.15, 0.2) is 16.7 Å². The zero-order valence-electron chi connectivity index (χ0n) is 9.34. The Kier molecular flexibility index (Phi) is 3.52. The van der Waals surface area contributed by atoms with Crippen molar-refractivity contribution in [2.24, 2.45) is 0 Å². The van der Waals surface area contributed by atoms with Crippen LogP contribution >= 0.6 is 16.3 Å². The summed E-state index contributed by atoms with van der Waals surface area (Å²) in [5.74, 6) is 0.439. The van der Waals surface area contributed by atoms with E-state index in [4.69, 9.17) is 8.35 Å². The number of nitrogens with zero attached hydrogens (tertiary/aromatic N) is 1. The molecule has 0 saturated heterocycles. The molecule has 0 saturated carbocycles. The zero-order valence-corrected chi connectivity index (χ0v) is 10.9. The number of rotatable bonds is 3. The first-order chi connectivity index (χ1) is 8.49. The minimum absolute atomic E-state index is 0.0424. The van der Waals surface area contributed by atoms with Crippen molar-refractivity contribution in [1.82, 2.24) is 5.16 Å². The molecule has 0 unspecified atom stereocenters. The molecule has 0 radical (unpaired) electrons. The molecule has 1 aromatic heterocycles. The Balaban J connectivity index is 2.68. The fraction of sp³-hybridized carbons (Fsp3) is 0.364. The minimum Gasteiger partial charge on any atom is -0.418 e. The maximum absolute atomic E-state index is 12.7. The number of aromatic nitrogens is 1. The lowest BCUT2D eigenvalue weighted by atomic mass is 10.0. The maximum Gasteiger partial charge on any atom is 0.437 e. The summed E-state index contributed by atoms with van der Waals surface area (Å²) in [4.78, 5) is 0. The van der Waals surface area contributed by atoms with Crippen molar-refractivity contribution in [3.8, 4) is 5.75 Å². The van der Waals surface area contributed by atoms with Gasteiger partial charge in [-0.2, -0.15) is 13.2 Å². The Morgan fingerprint density at radius 2 is 2.11 bits per heavy atom. The summed E-state index contributed by atoms with van der Waals surface area (Å²) in [6.45, 7) is 1.91. The lowest BCUT2D eigenvalue weighted by Gasteiger charge is -2.06. The van der Waals surface area contributed by atoms with Gasteiger partial charge in [0.25, 0.3) is 0 Å². The summed E-state index contributed by atoms with van der Waals surface area (Å²) in [6.07, 6.45) is -3.22. The molecule has 2 rings (SSSR count). The Labute approximate surface area is 109 Å². The highest BCUT2D eigenvalue weighted by Gasteiger charge is 2.37. The molecule has 0 N–H and O–H groups in total. The fourth-order valence-corrected chi connectivity index (χ4v) is 2.11. The van der Waals surface area contributed by atoms with E-state index in [-0.39, 0.29) is 11.0 Å². The zero-order chi connectivity index (χ0) is 13.3. The summed E-state index contributed by atoms with van der Waals surface area (Å²) in [5, 5.41) is 3.07. The van der Waals surface area contributed by atoms with Gasteiger partial charge in [-0.3, -0.25) is 0 Å². The van der Waals surface area contributed by atoms with Crippen LogP contribution in [0.4, 0.5) is 13.2 Å². The van der Waals surface area contributed by atoms with Crippen LogP contribution in [-0.2, 0) is 12.6 Å². The van der Waals surface area contributed by atoms with Gasteiger partial charge in [0.15, 0.2) is 27.5 Å². The molecule has 2 aromatic rings. The van der Waals surface area contributed by atoms with Crippen LogP contribution in [0.3, 0.4) is 0 Å². The summed E-state index contributed by atoms with van der Waals surface area (Å²) in [7, 11) is 0. The molecule has 0 fully saturated rings. The van der Waals surface area contributed by atoms with E-state index >= 15 is 0 Å². The second kappa shape index (κ2) is 4.79. The highest BCUT2D eigenvalue weighted by Crippen LogP contribution is 2.38. The first-order valence-electron chi connectivity index (χ1n) is 5.26. The Bertz CT molecular complexity index is 565. The molecule has 0 spiro atoms. The SMILES string of the molecule is CCCc1c(OBr)ccc2c(C(F)(F)F)noc12. The number of alkyl halides is 3. The molecule has 0 aliphatic carbocycles. The van der Waals surface area contributed by atoms with Crippen LogP contribution in [0.1, 0.15) is 24.6 Å². The predicted octanol–water partition coefficient (Wildman–Crippen LogP) is 4.49. The molecule has 1 aromatic carbocycles. The highest BCUT2D eigenvalue weighted by molar-refractivity contribution is 9.06. The van der Waals surface area contributed by atoms with Gasteiger partial charge in [-0.05, 0) is 18.6 Å². The Morgan fingerprint density at radius 3 is 2.67 bits per heavy atom. The molecule has 98 valence electrons. The van der Waals surface area contributed by atoms with Crippen molar-refractivity contribution in [3.05, 3.63) is 23.4 Å². The maximum atomic E-state index is 12.7. The topological polar surface area (TPSA) is 35.3 Å². The third-order valence-electron chi connectivity index (χ3n) is 2.55. The molecule has 1 heterocycles. The fourth-order valence-electron chi connectivity index (χ4n) is 1.80. The monoisotopic (exact) mass is 323 g/mol. The number of benzene rings is 1. The number of aryl methyl sites for hydroxylation is 1. The van der Waals surface area contributed by atoms with Crippen molar-refractivity contribution in [2.45, 2.75) is 25.9 Å². The smallest absolute Gasteiger partial charge is 0.418 e. The number of hydrogen-bond donors (Lipinski definition) is 0. The minimum atomic E-state index is -4.52. The number of fused-ring (bicyclic) bond motifs is 1. The van der Waals surface area contributed by atoms with Crippen LogP contribution in [-0.4, -0.2) is 5.16 Å². The van der Waals surface area contributed by atoms with Gasteiger partial charge in [0, 0.05) is 5.56 Å². The Morgan fingerprint density at radius 1 is 1.39 bits per heavy atom. The van der Waals surface area contributed by atoms with Crippen LogP contribution in [0.5, 0.6) is 5.75 Å². The van der Waals surface area contributed by atoms with Crippen molar-refractivity contribution >= 4 is 27.2 Å². The first kappa shape index (κ1) is 13.2. The van der Waals surface area contributed by atoms with E-state index in [9.17, 15) is 13.2 Å². The van der Waals surface area contributed by atoms with E-state index in [0.29, 0.717) is 17.7 Å². The van der Waals surface area contributed by atoms with Crippen molar-refractivity contribution in [2.75, 3.05) is 0 Å². The van der Waals surface area contributed by atoms with Gasteiger partial charge >= 0.3 is 6.18 Å². The van der Waals surface area contributed by atoms with Crippen LogP contribution < -0.4 is 3.83 Å². The first-order valence-corrected chi connectivity index (χ1v) is 5.90. The van der Waals surface area contributed by atoms with Gasteiger partial charge in [-0.15, -0.1) is 0 Å². The van der Waals surface area contributed by atoms with E-state index in [1.165, 1.54) is 12.1 Å². The Hall–Kier alpha value is -1.24. The summed E-state index contributed by atoms with van der Waals surface area (Å²) in [5.41, 5.74) is -0.299. The lowest BCUT2D eigenvalue weighted by molar-refractivity contribution is -0.141. The quantitative estimate of drug-likeness (QED) is 0.834. The van der Waals surface area contributed by atoms with Crippen molar-refractivity contribution in [1.29, 1.82) is 0 Å². The molecule has 0 amide bonds. The van der Waals surface area contributed by atoms with E-state index in [2.05, 4.69) is 21.4 Å². The number of halogens is 4. The van der Waals surface area contributed by atoms with E-state index in [0.717, 1.165) is 6.42 Å². The van der Waals surface area contributed by atoms with Crippen LogP contribution in [0.25, 0.3) is 11.0 Å². The number of hydrogen-bond acceptors (Lipinski definition) is 3. The molecule has 0 aliphatic rings. The molecular weight excluding hydrogens is 315 g/mol. The average molecular weight is 324 g/mol. The van der Waals surface area contributed by atoms with E-state index in [1.807, 2.05) is 6.92 Å². The largest absolute Gasteiger partial charge is 0.437 e. The summed E-state index contributed by atoms with van der Waals surface area (Å²) >= 11 is 2.83. The van der Waals surface area contributed by atoms with Crippen molar-refractivity contribution < 1.29 is 21.5 Å². The standard InChI is InChI=1S/C11H9BrF3NO2/c1-2-3-6-8(17-12)5-4-7-9(6)18-16-10(7)11(13,14)15/h4-5H,2-3H2,1H3. The van der Waals surface area contributed by atoms with E-state index in [1.54, 1.807) is 0 Å². The van der Waals surface area contributed by atoms with Gasteiger partial charge in [-0.1, -0.05) is 18.5 Å². The van der Waals surface area contributed by atoms with Gasteiger partial charge in [-0.25, -0.2) is 0 Å². The molecule has 0 bridgehead atoms. The molecule has 18 heavy (non-hydrogen) atoms. The lowest BCUT2D eigenvalue weighted by Crippen LogP contribution is -2.05. The van der Waals surface area contributed by atoms with Crippen LogP contribution in [0, 0.1) is 0 Å². The summed E-state index contributed by atoms with van der Waals surface area (Å²) < 4.78 is 47.8. The van der Waals surface area contributed by atoms with E-state index < -0.39 is 11.9 Å². The third kappa shape index (κ3) is 2.19.